The van der Waals surface area contributed by atoms with Crippen LogP contribution in [-0.4, -0.2) is 87.7 Å². The van der Waals surface area contributed by atoms with Gasteiger partial charge in [0.2, 0.25) is 0 Å². The molecule has 0 aromatic carbocycles. The summed E-state index contributed by atoms with van der Waals surface area (Å²) < 4.78 is 5.14. The van der Waals surface area contributed by atoms with E-state index in [1.165, 1.54) is 0 Å². The fraction of sp³-hybridized carbons (Fsp3) is 0.889. The lowest BCUT2D eigenvalue weighted by Crippen LogP contribution is -2.56. The van der Waals surface area contributed by atoms with Crippen LogP contribution >= 0.6 is 24.0 Å². The molecule has 2 rings (SSSR count). The van der Waals surface area contributed by atoms with Gasteiger partial charge in [-0.2, -0.15) is 0 Å². The first-order valence-electron chi connectivity index (χ1n) is 9.56. The van der Waals surface area contributed by atoms with Gasteiger partial charge in [-0.25, -0.2) is 0 Å². The highest BCUT2D eigenvalue weighted by Crippen LogP contribution is 2.25. The van der Waals surface area contributed by atoms with Crippen molar-refractivity contribution in [3.63, 3.8) is 0 Å². The first kappa shape index (κ1) is 23.4. The van der Waals surface area contributed by atoms with Crippen LogP contribution in [0.5, 0.6) is 0 Å². The molecule has 26 heavy (non-hydrogen) atoms. The summed E-state index contributed by atoms with van der Waals surface area (Å²) in [7, 11) is 6.18. The Morgan fingerprint density at radius 3 is 2.50 bits per heavy atom. The maximum Gasteiger partial charge on any atom is 0.308 e. The number of carbonyl (C=O) groups is 1. The molecule has 0 aromatic rings. The van der Waals surface area contributed by atoms with Gasteiger partial charge in [-0.15, -0.1) is 24.0 Å². The van der Waals surface area contributed by atoms with E-state index in [0.717, 1.165) is 57.8 Å². The number of hydrogen-bond donors (Lipinski definition) is 2. The van der Waals surface area contributed by atoms with Gasteiger partial charge in [-0.3, -0.25) is 14.7 Å². The summed E-state index contributed by atoms with van der Waals surface area (Å²) in [5.74, 6) is 0.897. The number of nitrogens with one attached hydrogen (secondary N) is 2. The largest absolute Gasteiger partial charge is 0.466 e. The van der Waals surface area contributed by atoms with Crippen LogP contribution in [-0.2, 0) is 9.53 Å². The molecule has 1 aliphatic heterocycles. The molecule has 2 N–H and O–H groups in total. The Balaban J connectivity index is 0.00000338. The molecule has 1 unspecified atom stereocenters. The second-order valence-corrected chi connectivity index (χ2v) is 7.29. The van der Waals surface area contributed by atoms with E-state index in [0.29, 0.717) is 18.7 Å². The predicted octanol–water partition coefficient (Wildman–Crippen LogP) is 1.14. The molecular weight excluding hydrogens is 445 g/mol. The van der Waals surface area contributed by atoms with E-state index < -0.39 is 0 Å². The fourth-order valence-corrected chi connectivity index (χ4v) is 3.66. The number of esters is 1. The third-order valence-electron chi connectivity index (χ3n) is 5.40. The second-order valence-electron chi connectivity index (χ2n) is 7.29. The smallest absolute Gasteiger partial charge is 0.308 e. The van der Waals surface area contributed by atoms with Gasteiger partial charge >= 0.3 is 5.97 Å². The fourth-order valence-electron chi connectivity index (χ4n) is 3.66. The molecule has 0 spiro atoms. The van der Waals surface area contributed by atoms with E-state index in [2.05, 4.69) is 39.5 Å². The highest BCUT2D eigenvalue weighted by Gasteiger charge is 2.28. The molecule has 0 aromatic heterocycles. The molecule has 1 aliphatic carbocycles. The van der Waals surface area contributed by atoms with Crippen molar-refractivity contribution in [2.45, 2.75) is 44.7 Å². The van der Waals surface area contributed by atoms with Crippen molar-refractivity contribution in [1.29, 1.82) is 0 Å². The number of piperazine rings is 1. The molecular formula is C18H36IN5O2. The van der Waals surface area contributed by atoms with Gasteiger partial charge < -0.3 is 20.3 Å². The average molecular weight is 481 g/mol. The Morgan fingerprint density at radius 2 is 1.88 bits per heavy atom. The number of halogens is 1. The van der Waals surface area contributed by atoms with Gasteiger partial charge in [0, 0.05) is 45.3 Å². The Labute approximate surface area is 175 Å². The zero-order valence-corrected chi connectivity index (χ0v) is 19.0. The lowest BCUT2D eigenvalue weighted by atomic mass is 9.86. The van der Waals surface area contributed by atoms with Gasteiger partial charge in [0.1, 0.15) is 0 Å². The molecule has 7 nitrogen and oxygen atoms in total. The maximum absolute atomic E-state index is 11.8. The second kappa shape index (κ2) is 12.0. The number of rotatable bonds is 5. The average Bonchev–Trinajstić information content (AvgIpc) is 2.62. The van der Waals surface area contributed by atoms with E-state index in [4.69, 9.17) is 4.74 Å². The van der Waals surface area contributed by atoms with Gasteiger partial charge in [-0.1, -0.05) is 0 Å². The van der Waals surface area contributed by atoms with Gasteiger partial charge in [-0.05, 0) is 46.7 Å². The monoisotopic (exact) mass is 481 g/mol. The van der Waals surface area contributed by atoms with E-state index >= 15 is 0 Å². The van der Waals surface area contributed by atoms with Crippen LogP contribution in [0.2, 0.25) is 0 Å². The Kier molecular flexibility index (Phi) is 10.8. The number of nitrogens with zero attached hydrogens (tertiary/aromatic N) is 3. The van der Waals surface area contributed by atoms with Crippen LogP contribution in [0.25, 0.3) is 0 Å². The number of ether oxygens (including phenoxy) is 1. The van der Waals surface area contributed by atoms with Crippen LogP contribution in [0.1, 0.15) is 32.6 Å². The number of hydrogen-bond acceptors (Lipinski definition) is 5. The van der Waals surface area contributed by atoms with Crippen molar-refractivity contribution in [3.8, 4) is 0 Å². The van der Waals surface area contributed by atoms with Crippen LogP contribution in [0.3, 0.4) is 0 Å². The van der Waals surface area contributed by atoms with Crippen molar-refractivity contribution in [1.82, 2.24) is 20.4 Å². The molecule has 1 saturated heterocycles. The molecule has 0 radical (unpaired) electrons. The van der Waals surface area contributed by atoms with Crippen molar-refractivity contribution in [2.24, 2.45) is 10.9 Å². The SMILES string of the molecule is CCOC(=O)C1CCC(NC(=NC)NCC2CN(C)CCN2C)CC1.I. The predicted molar refractivity (Wildman–Crippen MR) is 116 cm³/mol. The van der Waals surface area contributed by atoms with Gasteiger partial charge in [0.05, 0.1) is 12.5 Å². The minimum absolute atomic E-state index is 0. The summed E-state index contributed by atoms with van der Waals surface area (Å²) in [5.41, 5.74) is 0. The lowest BCUT2D eigenvalue weighted by Gasteiger charge is -2.38. The minimum atomic E-state index is -0.0343. The summed E-state index contributed by atoms with van der Waals surface area (Å²) >= 11 is 0. The minimum Gasteiger partial charge on any atom is -0.466 e. The van der Waals surface area contributed by atoms with Crippen LogP contribution < -0.4 is 10.6 Å². The molecule has 2 fully saturated rings. The molecule has 1 heterocycles. The zero-order valence-electron chi connectivity index (χ0n) is 16.7. The molecule has 8 heteroatoms. The molecule has 0 bridgehead atoms. The topological polar surface area (TPSA) is 69.2 Å². The van der Waals surface area contributed by atoms with E-state index in [-0.39, 0.29) is 35.9 Å². The van der Waals surface area contributed by atoms with Gasteiger partial charge in [0.25, 0.3) is 0 Å². The number of guanidine groups is 1. The number of carbonyl (C=O) groups excluding carboxylic acids is 1. The van der Waals surface area contributed by atoms with E-state index in [1.807, 2.05) is 14.0 Å². The molecule has 2 aliphatic rings. The van der Waals surface area contributed by atoms with Crippen LogP contribution in [0, 0.1) is 5.92 Å². The summed E-state index contributed by atoms with van der Waals surface area (Å²) in [6, 6.07) is 0.875. The molecule has 1 saturated carbocycles. The Bertz CT molecular complexity index is 455. The Morgan fingerprint density at radius 1 is 1.19 bits per heavy atom. The third kappa shape index (κ3) is 7.19. The van der Waals surface area contributed by atoms with Crippen molar-refractivity contribution < 1.29 is 9.53 Å². The summed E-state index contributed by atoms with van der Waals surface area (Å²) in [4.78, 5) is 21.0. The summed E-state index contributed by atoms with van der Waals surface area (Å²) in [6.45, 7) is 6.53. The van der Waals surface area contributed by atoms with Crippen LogP contribution in [0.4, 0.5) is 0 Å². The summed E-state index contributed by atoms with van der Waals surface area (Å²) in [6.07, 6.45) is 3.75. The van der Waals surface area contributed by atoms with Crippen molar-refractivity contribution in [2.75, 3.05) is 53.9 Å². The number of aliphatic imine (C=N–C) groups is 1. The van der Waals surface area contributed by atoms with E-state index in [1.54, 1.807) is 0 Å². The molecule has 152 valence electrons. The highest BCUT2D eigenvalue weighted by molar-refractivity contribution is 14.0. The maximum atomic E-state index is 11.8. The Hall–Kier alpha value is -0.610. The lowest BCUT2D eigenvalue weighted by molar-refractivity contribution is -0.149. The zero-order chi connectivity index (χ0) is 18.2. The highest BCUT2D eigenvalue weighted by atomic mass is 127. The number of likely N-dealkylation sites (N-methyl/N-ethyl adjacent to an activating group) is 2. The first-order chi connectivity index (χ1) is 12.0. The normalized spacial score (nSPS) is 28.2. The van der Waals surface area contributed by atoms with Crippen LogP contribution in [0.15, 0.2) is 4.99 Å². The van der Waals surface area contributed by atoms with Crippen molar-refractivity contribution >= 4 is 35.9 Å². The quantitative estimate of drug-likeness (QED) is 0.266. The third-order valence-corrected chi connectivity index (χ3v) is 5.40. The molecule has 0 amide bonds. The van der Waals surface area contributed by atoms with E-state index in [9.17, 15) is 4.79 Å². The summed E-state index contributed by atoms with van der Waals surface area (Å²) in [5, 5.41) is 6.99. The van der Waals surface area contributed by atoms with Crippen molar-refractivity contribution in [3.05, 3.63) is 0 Å². The standard InChI is InChI=1S/C18H35N5O2.HI/c1-5-25-17(24)14-6-8-15(9-7-14)21-18(19-2)20-12-16-13-22(3)10-11-23(16)4;/h14-16H,5-13H2,1-4H3,(H2,19,20,21);1H. The van der Waals surface area contributed by atoms with Gasteiger partial charge in [0.15, 0.2) is 5.96 Å². The molecule has 1 atom stereocenters. The first-order valence-corrected chi connectivity index (χ1v) is 9.56.